The molecule has 0 bridgehead atoms. The molecule has 3 rings (SSSR count). The molecule has 5 nitrogen and oxygen atoms in total. The molecule has 0 saturated heterocycles. The highest BCUT2D eigenvalue weighted by Crippen LogP contribution is 2.28. The number of carbonyl (C=O) groups is 1. The van der Waals surface area contributed by atoms with E-state index < -0.39 is 18.1 Å². The van der Waals surface area contributed by atoms with Gasteiger partial charge in [0.05, 0.1) is 5.70 Å². The number of nitrogens with zero attached hydrogens (tertiary/aromatic N) is 2. The first kappa shape index (κ1) is 30.5. The maximum atomic E-state index is 15.0. The van der Waals surface area contributed by atoms with Gasteiger partial charge in [0, 0.05) is 31.5 Å². The number of rotatable bonds is 11. The van der Waals surface area contributed by atoms with E-state index in [1.54, 1.807) is 24.3 Å². The van der Waals surface area contributed by atoms with Crippen molar-refractivity contribution in [1.29, 1.82) is 0 Å². The molecule has 214 valence electrons. The normalized spacial score (nSPS) is 16.3. The van der Waals surface area contributed by atoms with Crippen LogP contribution in [-0.4, -0.2) is 41.7 Å². The first-order chi connectivity index (χ1) is 18.9. The van der Waals surface area contributed by atoms with Crippen LogP contribution >= 0.6 is 0 Å². The highest BCUT2D eigenvalue weighted by Gasteiger charge is 2.31. The molecule has 0 fully saturated rings. The average Bonchev–Trinajstić information content (AvgIpc) is 3.08. The van der Waals surface area contributed by atoms with Crippen molar-refractivity contribution in [2.24, 2.45) is 0 Å². The molecular formula is C30H32F5N3O2. The van der Waals surface area contributed by atoms with Gasteiger partial charge in [0.15, 0.2) is 0 Å². The van der Waals surface area contributed by atoms with E-state index in [0.29, 0.717) is 31.6 Å². The van der Waals surface area contributed by atoms with Crippen LogP contribution < -0.4 is 10.1 Å². The first-order valence-corrected chi connectivity index (χ1v) is 12.7. The van der Waals surface area contributed by atoms with E-state index in [4.69, 9.17) is 0 Å². The number of hydrogen-bond acceptors (Lipinski definition) is 4. The Morgan fingerprint density at radius 2 is 1.90 bits per heavy atom. The zero-order valence-corrected chi connectivity index (χ0v) is 22.4. The molecule has 40 heavy (non-hydrogen) atoms. The number of likely N-dealkylation sites (N-methyl/N-ethyl adjacent to an activating group) is 1. The number of alkyl halides is 3. The van der Waals surface area contributed by atoms with Gasteiger partial charge in [0.25, 0.3) is 5.91 Å². The van der Waals surface area contributed by atoms with Crippen LogP contribution in [0.2, 0.25) is 0 Å². The summed E-state index contributed by atoms with van der Waals surface area (Å²) in [5.74, 6) is -1.59. The fourth-order valence-corrected chi connectivity index (χ4v) is 4.21. The number of halogens is 5. The Bertz CT molecular complexity index is 1270. The minimum atomic E-state index is -4.74. The van der Waals surface area contributed by atoms with Crippen molar-refractivity contribution in [1.82, 2.24) is 15.1 Å². The number of nitrogens with one attached hydrogen (secondary N) is 1. The molecule has 0 aromatic heterocycles. The number of hydrogen-bond donors (Lipinski definition) is 1. The smallest absolute Gasteiger partial charge is 0.406 e. The largest absolute Gasteiger partial charge is 0.573 e. The van der Waals surface area contributed by atoms with E-state index in [9.17, 15) is 22.4 Å². The van der Waals surface area contributed by atoms with Gasteiger partial charge in [-0.3, -0.25) is 4.79 Å². The summed E-state index contributed by atoms with van der Waals surface area (Å²) in [5, 5.41) is 2.75. The molecule has 1 heterocycles. The fourth-order valence-electron chi connectivity index (χ4n) is 4.21. The molecule has 1 aromatic carbocycles. The predicted molar refractivity (Wildman–Crippen MR) is 145 cm³/mol. The van der Waals surface area contributed by atoms with Gasteiger partial charge in [-0.15, -0.1) is 13.2 Å². The van der Waals surface area contributed by atoms with E-state index in [1.807, 2.05) is 18.7 Å². The molecule has 10 heteroatoms. The Kier molecular flexibility index (Phi) is 10.1. The molecule has 0 radical (unpaired) electrons. The van der Waals surface area contributed by atoms with Crippen molar-refractivity contribution in [2.75, 3.05) is 19.6 Å². The second kappa shape index (κ2) is 13.3. The summed E-state index contributed by atoms with van der Waals surface area (Å²) in [7, 11) is 0. The van der Waals surface area contributed by atoms with E-state index in [2.05, 4.69) is 23.2 Å². The average molecular weight is 562 g/mol. The number of allylic oxidation sites excluding steroid dienone is 7. The zero-order valence-electron chi connectivity index (χ0n) is 22.4. The highest BCUT2D eigenvalue weighted by molar-refractivity contribution is 5.93. The lowest BCUT2D eigenvalue weighted by Crippen LogP contribution is -2.33. The first-order valence-electron chi connectivity index (χ1n) is 12.7. The predicted octanol–water partition coefficient (Wildman–Crippen LogP) is 7.29. The van der Waals surface area contributed by atoms with Crippen LogP contribution in [0.15, 0.2) is 108 Å². The Balaban J connectivity index is 1.58. The van der Waals surface area contributed by atoms with Crippen LogP contribution in [-0.2, 0) is 4.79 Å². The fraction of sp³-hybridized carbons (Fsp3) is 0.300. The standard InChI is InChI=1S/C30H32F5N3O2/c1-5-37(16-14-20(2)24-8-10-26(11-9-24)40-30(33,34)35)28-13-7-23(6-12-27(28)32)19-36-29(39)22(4)38-17-15-25(31)18-21(38)3/h7-13,15,17-18,20H,3-6,14,16,19H2,1-2H3,(H,36,39). The molecular weight excluding hydrogens is 529 g/mol. The summed E-state index contributed by atoms with van der Waals surface area (Å²) >= 11 is 0. The van der Waals surface area contributed by atoms with Crippen molar-refractivity contribution in [3.05, 3.63) is 114 Å². The molecule has 1 unspecified atom stereocenters. The lowest BCUT2D eigenvalue weighted by molar-refractivity contribution is -0.274. The maximum absolute atomic E-state index is 15.0. The number of ether oxygens (including phenoxy) is 1. The topological polar surface area (TPSA) is 44.8 Å². The van der Waals surface area contributed by atoms with Gasteiger partial charge in [0.1, 0.15) is 23.1 Å². The Morgan fingerprint density at radius 3 is 2.52 bits per heavy atom. The van der Waals surface area contributed by atoms with Gasteiger partial charge in [-0.25, -0.2) is 8.78 Å². The number of carbonyl (C=O) groups excluding carboxylic acids is 1. The SMILES string of the molecule is C=C1C=C(F)C=CN1C(=C)C(=O)NCC1=CC=C(N(CC)CCC(C)c2ccc(OC(F)(F)F)cc2)C(F)=CC1. The van der Waals surface area contributed by atoms with Gasteiger partial charge in [-0.2, -0.15) is 0 Å². The molecule has 1 aromatic rings. The summed E-state index contributed by atoms with van der Waals surface area (Å²) < 4.78 is 69.5. The quantitative estimate of drug-likeness (QED) is 0.228. The Labute approximate surface area is 231 Å². The minimum Gasteiger partial charge on any atom is -0.406 e. The molecule has 1 N–H and O–H groups in total. The molecule has 1 atom stereocenters. The third-order valence-corrected chi connectivity index (χ3v) is 6.53. The summed E-state index contributed by atoms with van der Waals surface area (Å²) in [5.41, 5.74) is 2.38. The van der Waals surface area contributed by atoms with Gasteiger partial charge < -0.3 is 19.9 Å². The van der Waals surface area contributed by atoms with Gasteiger partial charge >= 0.3 is 6.36 Å². The Morgan fingerprint density at radius 1 is 1.20 bits per heavy atom. The minimum absolute atomic E-state index is 0.0136. The number of amides is 1. The van der Waals surface area contributed by atoms with Crippen molar-refractivity contribution in [3.8, 4) is 5.75 Å². The highest BCUT2D eigenvalue weighted by atomic mass is 19.4. The number of benzene rings is 1. The van der Waals surface area contributed by atoms with Gasteiger partial charge in [0.2, 0.25) is 0 Å². The molecule has 0 saturated carbocycles. The van der Waals surface area contributed by atoms with E-state index >= 15 is 4.39 Å². The summed E-state index contributed by atoms with van der Waals surface area (Å²) in [6.07, 6.45) is 4.85. The van der Waals surface area contributed by atoms with Crippen molar-refractivity contribution < 1.29 is 31.5 Å². The monoisotopic (exact) mass is 561 g/mol. The second-order valence-corrected chi connectivity index (χ2v) is 9.35. The van der Waals surface area contributed by atoms with Crippen LogP contribution in [0.4, 0.5) is 22.0 Å². The van der Waals surface area contributed by atoms with Crippen molar-refractivity contribution >= 4 is 5.91 Å². The van der Waals surface area contributed by atoms with Crippen molar-refractivity contribution in [2.45, 2.75) is 39.0 Å². The second-order valence-electron chi connectivity index (χ2n) is 9.35. The molecule has 0 spiro atoms. The maximum Gasteiger partial charge on any atom is 0.573 e. The third kappa shape index (κ3) is 8.46. The van der Waals surface area contributed by atoms with E-state index in [1.165, 1.54) is 41.5 Å². The van der Waals surface area contributed by atoms with Crippen LogP contribution in [0.5, 0.6) is 5.75 Å². The third-order valence-electron chi connectivity index (χ3n) is 6.53. The van der Waals surface area contributed by atoms with E-state index in [0.717, 1.165) is 11.1 Å². The summed E-state index contributed by atoms with van der Waals surface area (Å²) in [4.78, 5) is 15.9. The van der Waals surface area contributed by atoms with Gasteiger partial charge in [-0.05, 0) is 73.3 Å². The lowest BCUT2D eigenvalue weighted by atomic mass is 9.97. The summed E-state index contributed by atoms with van der Waals surface area (Å²) in [6.45, 7) is 12.6. The van der Waals surface area contributed by atoms with Crippen LogP contribution in [0.25, 0.3) is 0 Å². The molecule has 1 aliphatic heterocycles. The Hall–Kier alpha value is -4.08. The molecule has 1 aliphatic carbocycles. The van der Waals surface area contributed by atoms with Crippen molar-refractivity contribution in [3.63, 3.8) is 0 Å². The van der Waals surface area contributed by atoms with Crippen LogP contribution in [0.1, 0.15) is 38.2 Å². The van der Waals surface area contributed by atoms with Gasteiger partial charge in [-0.1, -0.05) is 38.3 Å². The molecule has 2 aliphatic rings. The van der Waals surface area contributed by atoms with Crippen LogP contribution in [0.3, 0.4) is 0 Å². The van der Waals surface area contributed by atoms with Crippen LogP contribution in [0, 0.1) is 0 Å². The summed E-state index contributed by atoms with van der Waals surface area (Å²) in [6, 6.07) is 5.75. The molecule has 1 amide bonds. The lowest BCUT2D eigenvalue weighted by Gasteiger charge is -2.26. The zero-order chi connectivity index (χ0) is 29.4. The van der Waals surface area contributed by atoms with E-state index in [-0.39, 0.29) is 35.4 Å².